The molecule has 2 aliphatic rings. The second-order valence-corrected chi connectivity index (χ2v) is 7.61. The lowest BCUT2D eigenvalue weighted by Crippen LogP contribution is -2.53. The summed E-state index contributed by atoms with van der Waals surface area (Å²) < 4.78 is 5.19. The number of aryl methyl sites for hydroxylation is 1. The molecular weight excluding hydrogens is 354 g/mol. The molecule has 6 heteroatoms. The van der Waals surface area contributed by atoms with Crippen LogP contribution in [-0.4, -0.2) is 53.8 Å². The van der Waals surface area contributed by atoms with Crippen molar-refractivity contribution in [2.45, 2.75) is 38.6 Å². The molecule has 4 rings (SSSR count). The summed E-state index contributed by atoms with van der Waals surface area (Å²) in [4.78, 5) is 28.9. The number of nitrogens with one attached hydrogen (secondary N) is 1. The quantitative estimate of drug-likeness (QED) is 0.884. The molecule has 0 radical (unpaired) electrons. The van der Waals surface area contributed by atoms with Gasteiger partial charge in [-0.2, -0.15) is 0 Å². The summed E-state index contributed by atoms with van der Waals surface area (Å²) in [5.41, 5.74) is 3.85. The average molecular weight is 381 g/mol. The first-order chi connectivity index (χ1) is 13.6. The third-order valence-electron chi connectivity index (χ3n) is 5.75. The van der Waals surface area contributed by atoms with Crippen LogP contribution in [0.5, 0.6) is 0 Å². The SMILES string of the molecule is C[C@@H](Nc1cccc2c1CCCC2)C(=O)N1CCN(C(=O)c2ccco2)CC1. The Morgan fingerprint density at radius 2 is 1.75 bits per heavy atom. The molecule has 2 aromatic rings. The number of hydrogen-bond donors (Lipinski definition) is 1. The minimum absolute atomic E-state index is 0.0820. The van der Waals surface area contributed by atoms with Gasteiger partial charge in [0.15, 0.2) is 5.76 Å². The van der Waals surface area contributed by atoms with E-state index in [2.05, 4.69) is 23.5 Å². The first kappa shape index (κ1) is 18.6. The fourth-order valence-corrected chi connectivity index (χ4v) is 4.17. The normalized spacial score (nSPS) is 17.8. The van der Waals surface area contributed by atoms with E-state index in [-0.39, 0.29) is 17.9 Å². The molecule has 2 amide bonds. The Hall–Kier alpha value is -2.76. The Balaban J connectivity index is 1.35. The molecule has 0 saturated carbocycles. The second kappa shape index (κ2) is 8.09. The number of rotatable bonds is 4. The fourth-order valence-electron chi connectivity index (χ4n) is 4.17. The van der Waals surface area contributed by atoms with Crippen LogP contribution < -0.4 is 5.32 Å². The average Bonchev–Trinajstić information content (AvgIpc) is 3.28. The number of hydrogen-bond acceptors (Lipinski definition) is 4. The third kappa shape index (κ3) is 3.77. The van der Waals surface area contributed by atoms with Gasteiger partial charge in [-0.15, -0.1) is 0 Å². The minimum Gasteiger partial charge on any atom is -0.459 e. The van der Waals surface area contributed by atoms with E-state index in [0.29, 0.717) is 31.9 Å². The maximum atomic E-state index is 12.9. The number of benzene rings is 1. The summed E-state index contributed by atoms with van der Waals surface area (Å²) in [5, 5.41) is 3.44. The zero-order valence-electron chi connectivity index (χ0n) is 16.3. The van der Waals surface area contributed by atoms with Gasteiger partial charge in [0.25, 0.3) is 5.91 Å². The lowest BCUT2D eigenvalue weighted by Gasteiger charge is -2.36. The van der Waals surface area contributed by atoms with Crippen LogP contribution in [0, 0.1) is 0 Å². The highest BCUT2D eigenvalue weighted by Gasteiger charge is 2.28. The van der Waals surface area contributed by atoms with Crippen LogP contribution in [0.3, 0.4) is 0 Å². The van der Waals surface area contributed by atoms with Gasteiger partial charge >= 0.3 is 0 Å². The molecule has 1 aromatic carbocycles. The first-order valence-electron chi connectivity index (χ1n) is 10.1. The Kier molecular flexibility index (Phi) is 5.37. The molecule has 1 atom stereocenters. The molecule has 0 bridgehead atoms. The minimum atomic E-state index is -0.291. The van der Waals surface area contributed by atoms with Gasteiger partial charge in [-0.3, -0.25) is 9.59 Å². The highest BCUT2D eigenvalue weighted by molar-refractivity contribution is 5.92. The Morgan fingerprint density at radius 1 is 1.00 bits per heavy atom. The topological polar surface area (TPSA) is 65.8 Å². The molecule has 6 nitrogen and oxygen atoms in total. The largest absolute Gasteiger partial charge is 0.459 e. The molecule has 1 aromatic heterocycles. The van der Waals surface area contributed by atoms with Crippen LogP contribution in [-0.2, 0) is 17.6 Å². The molecular formula is C22H27N3O3. The van der Waals surface area contributed by atoms with Gasteiger partial charge < -0.3 is 19.5 Å². The van der Waals surface area contributed by atoms with Crippen molar-refractivity contribution in [3.8, 4) is 0 Å². The van der Waals surface area contributed by atoms with E-state index in [9.17, 15) is 9.59 Å². The lowest BCUT2D eigenvalue weighted by molar-refractivity contribution is -0.133. The summed E-state index contributed by atoms with van der Waals surface area (Å²) in [7, 11) is 0. The Morgan fingerprint density at radius 3 is 2.50 bits per heavy atom. The van der Waals surface area contributed by atoms with Crippen molar-refractivity contribution >= 4 is 17.5 Å². The molecule has 1 saturated heterocycles. The van der Waals surface area contributed by atoms with Crippen molar-refractivity contribution in [1.29, 1.82) is 0 Å². The van der Waals surface area contributed by atoms with Crippen molar-refractivity contribution in [2.75, 3.05) is 31.5 Å². The van der Waals surface area contributed by atoms with E-state index in [0.717, 1.165) is 18.5 Å². The third-order valence-corrected chi connectivity index (χ3v) is 5.75. The van der Waals surface area contributed by atoms with Gasteiger partial charge in [0.1, 0.15) is 6.04 Å². The Bertz CT molecular complexity index is 839. The van der Waals surface area contributed by atoms with Gasteiger partial charge in [-0.1, -0.05) is 12.1 Å². The molecule has 1 aliphatic heterocycles. The standard InChI is InChI=1S/C22H27N3O3/c1-16(23-19-9-4-7-17-6-2-3-8-18(17)19)21(26)24-11-13-25(14-12-24)22(27)20-10-5-15-28-20/h4-5,7,9-10,15-16,23H,2-3,6,8,11-14H2,1H3/t16-/m1/s1. The molecule has 1 aliphatic carbocycles. The van der Waals surface area contributed by atoms with Crippen molar-refractivity contribution in [2.24, 2.45) is 0 Å². The van der Waals surface area contributed by atoms with Crippen molar-refractivity contribution < 1.29 is 14.0 Å². The van der Waals surface area contributed by atoms with Crippen molar-refractivity contribution in [3.05, 3.63) is 53.5 Å². The summed E-state index contributed by atoms with van der Waals surface area (Å²) >= 11 is 0. The van der Waals surface area contributed by atoms with Crippen LogP contribution in [0.1, 0.15) is 41.4 Å². The van der Waals surface area contributed by atoms with Crippen LogP contribution in [0.2, 0.25) is 0 Å². The fraction of sp³-hybridized carbons (Fsp3) is 0.455. The number of anilines is 1. The number of carbonyl (C=O) groups excluding carboxylic acids is 2. The first-order valence-corrected chi connectivity index (χ1v) is 10.1. The van der Waals surface area contributed by atoms with Crippen LogP contribution in [0.25, 0.3) is 0 Å². The number of piperazine rings is 1. The van der Waals surface area contributed by atoms with Gasteiger partial charge in [-0.25, -0.2) is 0 Å². The summed E-state index contributed by atoms with van der Waals surface area (Å²) in [6, 6.07) is 9.44. The molecule has 1 fully saturated rings. The van der Waals surface area contributed by atoms with Crippen molar-refractivity contribution in [3.63, 3.8) is 0 Å². The molecule has 0 unspecified atom stereocenters. The van der Waals surface area contributed by atoms with E-state index in [1.807, 2.05) is 11.8 Å². The maximum absolute atomic E-state index is 12.9. The van der Waals surface area contributed by atoms with Gasteiger partial charge in [0, 0.05) is 31.9 Å². The van der Waals surface area contributed by atoms with Crippen LogP contribution in [0.15, 0.2) is 41.0 Å². The molecule has 1 N–H and O–H groups in total. The van der Waals surface area contributed by atoms with Gasteiger partial charge in [-0.05, 0) is 61.9 Å². The lowest BCUT2D eigenvalue weighted by atomic mass is 9.90. The number of nitrogens with zero attached hydrogens (tertiary/aromatic N) is 2. The monoisotopic (exact) mass is 381 g/mol. The Labute approximate surface area is 165 Å². The molecule has 0 spiro atoms. The molecule has 28 heavy (non-hydrogen) atoms. The molecule has 148 valence electrons. The van der Waals surface area contributed by atoms with Crippen molar-refractivity contribution in [1.82, 2.24) is 9.80 Å². The van der Waals surface area contributed by atoms with E-state index in [1.165, 1.54) is 30.2 Å². The predicted molar refractivity (Wildman–Crippen MR) is 107 cm³/mol. The highest BCUT2D eigenvalue weighted by atomic mass is 16.3. The predicted octanol–water partition coefficient (Wildman–Crippen LogP) is 2.94. The number of furan rings is 1. The smallest absolute Gasteiger partial charge is 0.289 e. The summed E-state index contributed by atoms with van der Waals surface area (Å²) in [5.74, 6) is 0.321. The summed E-state index contributed by atoms with van der Waals surface area (Å²) in [6.07, 6.45) is 6.15. The molecule has 2 heterocycles. The van der Waals surface area contributed by atoms with Crippen LogP contribution >= 0.6 is 0 Å². The number of carbonyl (C=O) groups is 2. The van der Waals surface area contributed by atoms with E-state index in [1.54, 1.807) is 17.0 Å². The number of fused-ring (bicyclic) bond motifs is 1. The van der Waals surface area contributed by atoms with E-state index >= 15 is 0 Å². The number of amides is 2. The summed E-state index contributed by atoms with van der Waals surface area (Å²) in [6.45, 7) is 4.07. The van der Waals surface area contributed by atoms with Crippen LogP contribution in [0.4, 0.5) is 5.69 Å². The van der Waals surface area contributed by atoms with Gasteiger partial charge in [0.2, 0.25) is 5.91 Å². The maximum Gasteiger partial charge on any atom is 0.289 e. The second-order valence-electron chi connectivity index (χ2n) is 7.61. The van der Waals surface area contributed by atoms with E-state index in [4.69, 9.17) is 4.42 Å². The van der Waals surface area contributed by atoms with Gasteiger partial charge in [0.05, 0.1) is 6.26 Å². The highest BCUT2D eigenvalue weighted by Crippen LogP contribution is 2.28. The zero-order valence-corrected chi connectivity index (χ0v) is 16.3. The zero-order chi connectivity index (χ0) is 19.5. The van der Waals surface area contributed by atoms with E-state index < -0.39 is 0 Å².